The Hall–Kier alpha value is -1.24. The van der Waals surface area contributed by atoms with Crippen LogP contribution in [-0.4, -0.2) is 73.1 Å². The van der Waals surface area contributed by atoms with Crippen LogP contribution in [0.1, 0.15) is 11.4 Å². The summed E-state index contributed by atoms with van der Waals surface area (Å²) in [6.07, 6.45) is 0. The van der Waals surface area contributed by atoms with E-state index in [1.807, 2.05) is 13.0 Å². The van der Waals surface area contributed by atoms with Gasteiger partial charge in [0, 0.05) is 51.5 Å². The first-order valence-corrected chi connectivity index (χ1v) is 7.25. The van der Waals surface area contributed by atoms with Gasteiger partial charge in [-0.2, -0.15) is 0 Å². The van der Waals surface area contributed by atoms with Gasteiger partial charge < -0.3 is 15.5 Å². The molecule has 0 aromatic carbocycles. The highest BCUT2D eigenvalue weighted by Crippen LogP contribution is 2.13. The molecule has 112 valence electrons. The number of nitrogens with zero attached hydrogens (tertiary/aromatic N) is 5. The SMILES string of the molecule is Cc1cc(CN)nc(N2CCN(CCN(C)C)CC2)n1. The predicted octanol–water partition coefficient (Wildman–Crippen LogP) is -0.0727. The lowest BCUT2D eigenvalue weighted by molar-refractivity contribution is 0.228. The summed E-state index contributed by atoms with van der Waals surface area (Å²) >= 11 is 0. The third kappa shape index (κ3) is 4.13. The van der Waals surface area contributed by atoms with E-state index in [1.54, 1.807) is 0 Å². The number of hydrogen-bond donors (Lipinski definition) is 1. The first kappa shape index (κ1) is 15.2. The molecular formula is C14H26N6. The molecule has 1 aliphatic rings. The molecule has 1 aliphatic heterocycles. The van der Waals surface area contributed by atoms with Gasteiger partial charge >= 0.3 is 0 Å². The summed E-state index contributed by atoms with van der Waals surface area (Å²) in [5.74, 6) is 0.831. The fourth-order valence-corrected chi connectivity index (χ4v) is 2.38. The van der Waals surface area contributed by atoms with E-state index >= 15 is 0 Å². The van der Waals surface area contributed by atoms with Crippen LogP contribution >= 0.6 is 0 Å². The molecule has 0 aliphatic carbocycles. The molecule has 6 nitrogen and oxygen atoms in total. The molecule has 0 bridgehead atoms. The maximum Gasteiger partial charge on any atom is 0.225 e. The molecule has 1 fully saturated rings. The number of anilines is 1. The maximum atomic E-state index is 5.69. The van der Waals surface area contributed by atoms with Crippen LogP contribution in [0, 0.1) is 6.92 Å². The molecule has 0 saturated carbocycles. The van der Waals surface area contributed by atoms with E-state index in [2.05, 4.69) is 38.8 Å². The zero-order chi connectivity index (χ0) is 14.5. The molecule has 0 spiro atoms. The maximum absolute atomic E-state index is 5.69. The van der Waals surface area contributed by atoms with Crippen molar-refractivity contribution in [3.05, 3.63) is 17.5 Å². The van der Waals surface area contributed by atoms with Gasteiger partial charge in [0.25, 0.3) is 0 Å². The second-order valence-corrected chi connectivity index (χ2v) is 5.64. The van der Waals surface area contributed by atoms with Crippen molar-refractivity contribution in [2.45, 2.75) is 13.5 Å². The van der Waals surface area contributed by atoms with Crippen molar-refractivity contribution >= 4 is 5.95 Å². The lowest BCUT2D eigenvalue weighted by Gasteiger charge is -2.35. The van der Waals surface area contributed by atoms with Crippen molar-refractivity contribution in [2.24, 2.45) is 5.73 Å². The quantitative estimate of drug-likeness (QED) is 0.813. The molecule has 0 radical (unpaired) electrons. The topological polar surface area (TPSA) is 61.5 Å². The summed E-state index contributed by atoms with van der Waals surface area (Å²) in [6, 6.07) is 1.96. The van der Waals surface area contributed by atoms with Gasteiger partial charge in [-0.05, 0) is 27.1 Å². The largest absolute Gasteiger partial charge is 0.338 e. The molecule has 2 heterocycles. The second kappa shape index (κ2) is 6.97. The third-order valence-corrected chi connectivity index (χ3v) is 3.62. The lowest BCUT2D eigenvalue weighted by atomic mass is 10.3. The van der Waals surface area contributed by atoms with Crippen molar-refractivity contribution in [1.29, 1.82) is 0 Å². The summed E-state index contributed by atoms with van der Waals surface area (Å²) < 4.78 is 0. The van der Waals surface area contributed by atoms with Crippen LogP contribution in [0.25, 0.3) is 0 Å². The Balaban J connectivity index is 1.91. The normalized spacial score (nSPS) is 16.9. The molecule has 0 unspecified atom stereocenters. The number of nitrogens with two attached hydrogens (primary N) is 1. The van der Waals surface area contributed by atoms with Crippen LogP contribution in [0.4, 0.5) is 5.95 Å². The number of likely N-dealkylation sites (N-methyl/N-ethyl adjacent to an activating group) is 1. The van der Waals surface area contributed by atoms with E-state index < -0.39 is 0 Å². The van der Waals surface area contributed by atoms with Crippen LogP contribution in [0.2, 0.25) is 0 Å². The average Bonchev–Trinajstić information content (AvgIpc) is 2.45. The van der Waals surface area contributed by atoms with Crippen LogP contribution < -0.4 is 10.6 Å². The van der Waals surface area contributed by atoms with Crippen LogP contribution in [0.5, 0.6) is 0 Å². The zero-order valence-corrected chi connectivity index (χ0v) is 12.8. The van der Waals surface area contributed by atoms with Crippen molar-refractivity contribution in [3.8, 4) is 0 Å². The lowest BCUT2D eigenvalue weighted by Crippen LogP contribution is -2.48. The van der Waals surface area contributed by atoms with Gasteiger partial charge in [0.2, 0.25) is 5.95 Å². The van der Waals surface area contributed by atoms with Gasteiger partial charge in [0.05, 0.1) is 5.69 Å². The van der Waals surface area contributed by atoms with Crippen molar-refractivity contribution in [1.82, 2.24) is 19.8 Å². The van der Waals surface area contributed by atoms with Gasteiger partial charge in [-0.25, -0.2) is 9.97 Å². The summed E-state index contributed by atoms with van der Waals surface area (Å²) in [7, 11) is 4.23. The minimum absolute atomic E-state index is 0.471. The molecule has 2 N–H and O–H groups in total. The molecule has 1 saturated heterocycles. The molecule has 0 amide bonds. The first-order valence-electron chi connectivity index (χ1n) is 7.25. The minimum Gasteiger partial charge on any atom is -0.338 e. The molecule has 20 heavy (non-hydrogen) atoms. The van der Waals surface area contributed by atoms with Gasteiger partial charge in [0.15, 0.2) is 0 Å². The minimum atomic E-state index is 0.471. The summed E-state index contributed by atoms with van der Waals surface area (Å²) in [5.41, 5.74) is 7.60. The monoisotopic (exact) mass is 278 g/mol. The highest BCUT2D eigenvalue weighted by Gasteiger charge is 2.19. The highest BCUT2D eigenvalue weighted by molar-refractivity contribution is 5.33. The molecule has 1 aromatic rings. The van der Waals surface area contributed by atoms with E-state index in [4.69, 9.17) is 5.73 Å². The van der Waals surface area contributed by atoms with E-state index in [1.165, 1.54) is 0 Å². The van der Waals surface area contributed by atoms with Crippen molar-refractivity contribution in [2.75, 3.05) is 58.3 Å². The van der Waals surface area contributed by atoms with E-state index in [0.717, 1.165) is 56.6 Å². The Morgan fingerprint density at radius 2 is 1.90 bits per heavy atom. The third-order valence-electron chi connectivity index (χ3n) is 3.62. The fourth-order valence-electron chi connectivity index (χ4n) is 2.38. The summed E-state index contributed by atoms with van der Waals surface area (Å²) in [4.78, 5) is 16.1. The smallest absolute Gasteiger partial charge is 0.225 e. The molecular weight excluding hydrogens is 252 g/mol. The van der Waals surface area contributed by atoms with Crippen LogP contribution in [0.15, 0.2) is 6.07 Å². The number of piperazine rings is 1. The molecule has 0 atom stereocenters. The number of aryl methyl sites for hydroxylation is 1. The van der Waals surface area contributed by atoms with Crippen molar-refractivity contribution < 1.29 is 0 Å². The van der Waals surface area contributed by atoms with Crippen molar-refractivity contribution in [3.63, 3.8) is 0 Å². The Morgan fingerprint density at radius 1 is 1.20 bits per heavy atom. The summed E-state index contributed by atoms with van der Waals surface area (Å²) in [5, 5.41) is 0. The van der Waals surface area contributed by atoms with Gasteiger partial charge in [-0.15, -0.1) is 0 Å². The van der Waals surface area contributed by atoms with Gasteiger partial charge in [-0.3, -0.25) is 4.90 Å². The molecule has 2 rings (SSSR count). The van der Waals surface area contributed by atoms with Crippen LogP contribution in [-0.2, 0) is 6.54 Å². The highest BCUT2D eigenvalue weighted by atomic mass is 15.3. The van der Waals surface area contributed by atoms with E-state index in [9.17, 15) is 0 Å². The number of aromatic nitrogens is 2. The zero-order valence-electron chi connectivity index (χ0n) is 12.8. The Morgan fingerprint density at radius 3 is 2.50 bits per heavy atom. The van der Waals surface area contributed by atoms with Gasteiger partial charge in [0.1, 0.15) is 0 Å². The second-order valence-electron chi connectivity index (χ2n) is 5.64. The number of hydrogen-bond acceptors (Lipinski definition) is 6. The fraction of sp³-hybridized carbons (Fsp3) is 0.714. The van der Waals surface area contributed by atoms with Crippen LogP contribution in [0.3, 0.4) is 0 Å². The Labute approximate surface area is 121 Å². The number of rotatable bonds is 5. The Kier molecular flexibility index (Phi) is 5.28. The first-order chi connectivity index (χ1) is 9.58. The molecule has 6 heteroatoms. The standard InChI is InChI=1S/C14H26N6/c1-12-10-13(11-15)17-14(16-12)20-8-6-19(7-9-20)5-4-18(2)3/h10H,4-9,11,15H2,1-3H3. The van der Waals surface area contributed by atoms with Gasteiger partial charge in [-0.1, -0.05) is 0 Å². The Bertz CT molecular complexity index is 426. The molecule has 1 aromatic heterocycles. The van der Waals surface area contributed by atoms with E-state index in [0.29, 0.717) is 6.54 Å². The van der Waals surface area contributed by atoms with E-state index in [-0.39, 0.29) is 0 Å². The summed E-state index contributed by atoms with van der Waals surface area (Å²) in [6.45, 7) is 8.83. The average molecular weight is 278 g/mol. The predicted molar refractivity (Wildman–Crippen MR) is 81.9 cm³/mol.